The summed E-state index contributed by atoms with van der Waals surface area (Å²) in [6.07, 6.45) is 8.38. The van der Waals surface area contributed by atoms with Gasteiger partial charge in [0.25, 0.3) is 0 Å². The molecule has 3 N–H and O–H groups in total. The van der Waals surface area contributed by atoms with Crippen LogP contribution in [0.3, 0.4) is 0 Å². The van der Waals surface area contributed by atoms with Gasteiger partial charge in [-0.25, -0.2) is 0 Å². The largest absolute Gasteiger partial charge is 0.503 e. The third-order valence-corrected chi connectivity index (χ3v) is 5.06. The van der Waals surface area contributed by atoms with Crippen LogP contribution in [0.5, 0.6) is 0 Å². The highest BCUT2D eigenvalue weighted by molar-refractivity contribution is 5.70. The van der Waals surface area contributed by atoms with Crippen molar-refractivity contribution in [2.45, 2.75) is 59.4 Å². The fourth-order valence-electron chi connectivity index (χ4n) is 3.97. The van der Waals surface area contributed by atoms with Crippen molar-refractivity contribution in [3.63, 3.8) is 0 Å². The minimum Gasteiger partial charge on any atom is -0.503 e. The van der Waals surface area contributed by atoms with E-state index in [-0.39, 0.29) is 0 Å². The standard InChI is InChI=1S/C17H25N3O.C6H12/c1-11-8-13(19-12(2)10-21-3)9-15-14-4-6-18-7-5-16(14)20-17(11)15;1-4-5-6(2)3/h8-10,14,16,18-20H,4-7H2,1-3H3;4-6H,1-3H3/b12-10-;5-4-/t14?,16-;/m0./s1. The average Bonchev–Trinajstić information content (AvgIpc) is 2.78. The van der Waals surface area contributed by atoms with E-state index < -0.39 is 0 Å². The molecule has 1 aromatic carbocycles. The molecule has 4 nitrogen and oxygen atoms in total. The van der Waals surface area contributed by atoms with E-state index in [1.807, 2.05) is 13.8 Å². The van der Waals surface area contributed by atoms with Crippen LogP contribution in [0.4, 0.5) is 11.4 Å². The third-order valence-electron chi connectivity index (χ3n) is 5.06. The van der Waals surface area contributed by atoms with Crippen LogP contribution in [0.2, 0.25) is 0 Å². The van der Waals surface area contributed by atoms with Gasteiger partial charge < -0.3 is 20.7 Å². The maximum atomic E-state index is 5.06. The van der Waals surface area contributed by atoms with Crippen LogP contribution in [0.1, 0.15) is 57.6 Å². The zero-order chi connectivity index (χ0) is 19.8. The highest BCUT2D eigenvalue weighted by atomic mass is 16.5. The monoisotopic (exact) mass is 371 g/mol. The number of hydrogen-bond acceptors (Lipinski definition) is 4. The zero-order valence-electron chi connectivity index (χ0n) is 17.9. The highest BCUT2D eigenvalue weighted by Gasteiger charge is 2.33. The van der Waals surface area contributed by atoms with Crippen LogP contribution in [0.15, 0.2) is 36.2 Å². The highest BCUT2D eigenvalue weighted by Crippen LogP contribution is 2.43. The molecular formula is C23H37N3O. The Morgan fingerprint density at radius 3 is 2.63 bits per heavy atom. The van der Waals surface area contributed by atoms with Crippen molar-refractivity contribution in [2.75, 3.05) is 30.8 Å². The maximum Gasteiger partial charge on any atom is 0.101 e. The van der Waals surface area contributed by atoms with Gasteiger partial charge in [-0.3, -0.25) is 0 Å². The summed E-state index contributed by atoms with van der Waals surface area (Å²) < 4.78 is 5.06. The van der Waals surface area contributed by atoms with E-state index >= 15 is 0 Å². The number of allylic oxidation sites excluding steroid dienone is 3. The van der Waals surface area contributed by atoms with E-state index in [0.29, 0.717) is 12.0 Å². The number of methoxy groups -OCH3 is 1. The fraction of sp³-hybridized carbons (Fsp3) is 0.565. The van der Waals surface area contributed by atoms with Crippen LogP contribution in [-0.2, 0) is 4.74 Å². The minimum absolute atomic E-state index is 0.583. The Balaban J connectivity index is 0.000000380. The van der Waals surface area contributed by atoms with Crippen LogP contribution in [0, 0.1) is 12.8 Å². The van der Waals surface area contributed by atoms with E-state index in [4.69, 9.17) is 4.74 Å². The molecule has 4 heteroatoms. The number of fused-ring (bicyclic) bond motifs is 3. The smallest absolute Gasteiger partial charge is 0.101 e. The predicted molar refractivity (Wildman–Crippen MR) is 117 cm³/mol. The van der Waals surface area contributed by atoms with Gasteiger partial charge in [-0.05, 0) is 75.9 Å². The molecule has 3 rings (SSSR count). The lowest BCUT2D eigenvalue weighted by molar-refractivity contribution is 0.334. The first-order valence-electron chi connectivity index (χ1n) is 10.2. The molecule has 2 aliphatic rings. The number of nitrogens with one attached hydrogen (secondary N) is 3. The molecule has 27 heavy (non-hydrogen) atoms. The molecule has 0 aliphatic carbocycles. The zero-order valence-corrected chi connectivity index (χ0v) is 17.9. The summed E-state index contributed by atoms with van der Waals surface area (Å²) >= 11 is 0. The molecule has 0 saturated carbocycles. The second-order valence-corrected chi connectivity index (χ2v) is 7.87. The Bertz CT molecular complexity index is 664. The molecule has 2 atom stereocenters. The van der Waals surface area contributed by atoms with Crippen LogP contribution in [0.25, 0.3) is 0 Å². The number of ether oxygens (including phenoxy) is 1. The van der Waals surface area contributed by atoms with E-state index in [1.54, 1.807) is 13.4 Å². The lowest BCUT2D eigenvalue weighted by Gasteiger charge is -2.16. The Morgan fingerprint density at radius 1 is 1.26 bits per heavy atom. The van der Waals surface area contributed by atoms with E-state index in [2.05, 4.69) is 61.0 Å². The summed E-state index contributed by atoms with van der Waals surface area (Å²) in [6, 6.07) is 5.10. The fourth-order valence-corrected chi connectivity index (χ4v) is 3.97. The van der Waals surface area contributed by atoms with Crippen molar-refractivity contribution in [1.82, 2.24) is 5.32 Å². The molecule has 0 amide bonds. The normalized spacial score (nSPS) is 21.7. The van der Waals surface area contributed by atoms with E-state index in [1.165, 1.54) is 29.7 Å². The minimum atomic E-state index is 0.583. The molecule has 1 unspecified atom stereocenters. The van der Waals surface area contributed by atoms with Gasteiger partial charge in [0.1, 0.15) is 6.26 Å². The van der Waals surface area contributed by atoms with Gasteiger partial charge in [-0.15, -0.1) is 0 Å². The molecule has 0 aromatic heterocycles. The maximum absolute atomic E-state index is 5.06. The second kappa shape index (κ2) is 10.4. The van der Waals surface area contributed by atoms with Gasteiger partial charge in [0, 0.05) is 29.0 Å². The lowest BCUT2D eigenvalue weighted by atomic mass is 9.90. The van der Waals surface area contributed by atoms with E-state index in [0.717, 1.165) is 30.4 Å². The van der Waals surface area contributed by atoms with Crippen LogP contribution < -0.4 is 16.0 Å². The van der Waals surface area contributed by atoms with Crippen molar-refractivity contribution in [3.8, 4) is 0 Å². The molecule has 0 bridgehead atoms. The molecule has 1 aromatic rings. The Kier molecular flexibility index (Phi) is 8.23. The van der Waals surface area contributed by atoms with Crippen molar-refractivity contribution in [3.05, 3.63) is 47.4 Å². The molecule has 2 aliphatic heterocycles. The molecule has 150 valence electrons. The molecule has 0 spiro atoms. The molecular weight excluding hydrogens is 334 g/mol. The van der Waals surface area contributed by atoms with Gasteiger partial charge in [0.15, 0.2) is 0 Å². The Labute approximate surface area is 165 Å². The van der Waals surface area contributed by atoms with Crippen molar-refractivity contribution < 1.29 is 4.74 Å². The third kappa shape index (κ3) is 6.03. The van der Waals surface area contributed by atoms with Crippen LogP contribution >= 0.6 is 0 Å². The van der Waals surface area contributed by atoms with Gasteiger partial charge in [-0.2, -0.15) is 0 Å². The first kappa shape index (κ1) is 21.4. The van der Waals surface area contributed by atoms with Gasteiger partial charge >= 0.3 is 0 Å². The molecule has 1 saturated heterocycles. The quantitative estimate of drug-likeness (QED) is 0.490. The Morgan fingerprint density at radius 2 is 2.00 bits per heavy atom. The second-order valence-electron chi connectivity index (χ2n) is 7.87. The summed E-state index contributed by atoms with van der Waals surface area (Å²) in [5, 5.41) is 10.7. The summed E-state index contributed by atoms with van der Waals surface area (Å²) in [7, 11) is 1.67. The lowest BCUT2D eigenvalue weighted by Crippen LogP contribution is -2.21. The SMILES string of the molecule is C/C=C\C(C)C.CO/C=C(/C)Nc1cc(C)c2c(c1)C1CCNCC[C@@H]1N2. The molecule has 2 heterocycles. The van der Waals surface area contributed by atoms with Crippen LogP contribution in [-0.4, -0.2) is 26.2 Å². The molecule has 1 fully saturated rings. The van der Waals surface area contributed by atoms with Crippen molar-refractivity contribution in [1.29, 1.82) is 0 Å². The van der Waals surface area contributed by atoms with Crippen molar-refractivity contribution in [2.24, 2.45) is 5.92 Å². The number of aryl methyl sites for hydroxylation is 1. The van der Waals surface area contributed by atoms with Crippen molar-refractivity contribution >= 4 is 11.4 Å². The summed E-state index contributed by atoms with van der Waals surface area (Å²) in [5.74, 6) is 1.34. The average molecular weight is 372 g/mol. The summed E-state index contributed by atoms with van der Waals surface area (Å²) in [6.45, 7) is 12.8. The Hall–Kier alpha value is -1.94. The van der Waals surface area contributed by atoms with Gasteiger partial charge in [0.05, 0.1) is 7.11 Å². The number of hydrogen-bond donors (Lipinski definition) is 3. The van der Waals surface area contributed by atoms with E-state index in [9.17, 15) is 0 Å². The first-order valence-corrected chi connectivity index (χ1v) is 10.2. The summed E-state index contributed by atoms with van der Waals surface area (Å²) in [4.78, 5) is 0. The first-order chi connectivity index (χ1) is 13.0. The number of benzene rings is 1. The summed E-state index contributed by atoms with van der Waals surface area (Å²) in [5.41, 5.74) is 6.31. The number of anilines is 2. The predicted octanol–water partition coefficient (Wildman–Crippen LogP) is 5.39. The van der Waals surface area contributed by atoms with Gasteiger partial charge in [-0.1, -0.05) is 26.0 Å². The van der Waals surface area contributed by atoms with Gasteiger partial charge in [0.2, 0.25) is 0 Å². The molecule has 0 radical (unpaired) electrons. The topological polar surface area (TPSA) is 45.3 Å². The number of rotatable bonds is 4.